The topological polar surface area (TPSA) is 12.0 Å². The number of nitrogens with one attached hydrogen (secondary N) is 1. The zero-order valence-electron chi connectivity index (χ0n) is 8.49. The highest BCUT2D eigenvalue weighted by Gasteiger charge is 2.10. The Labute approximate surface area is 70.9 Å². The Bertz CT molecular complexity index is 128. The highest BCUT2D eigenvalue weighted by Crippen LogP contribution is 2.24. The summed E-state index contributed by atoms with van der Waals surface area (Å²) in [6.45, 7) is 10.0. The van der Waals surface area contributed by atoms with Crippen molar-refractivity contribution in [2.24, 2.45) is 5.41 Å². The Hall–Kier alpha value is -0.300. The molecule has 0 aliphatic carbocycles. The van der Waals surface area contributed by atoms with Crippen LogP contribution in [0.25, 0.3) is 0 Å². The lowest BCUT2D eigenvalue weighted by Crippen LogP contribution is -2.09. The minimum Gasteiger partial charge on any atom is -0.319 e. The lowest BCUT2D eigenvalue weighted by Gasteiger charge is -2.19. The van der Waals surface area contributed by atoms with E-state index >= 15 is 0 Å². The summed E-state index contributed by atoms with van der Waals surface area (Å²) < 4.78 is 0. The summed E-state index contributed by atoms with van der Waals surface area (Å²) in [6, 6.07) is 0. The summed E-state index contributed by atoms with van der Waals surface area (Å²) in [6.07, 6.45) is 3.45. The minimum atomic E-state index is 0.341. The van der Waals surface area contributed by atoms with Gasteiger partial charge < -0.3 is 5.32 Å². The second-order valence-corrected chi connectivity index (χ2v) is 4.03. The summed E-state index contributed by atoms with van der Waals surface area (Å²) in [5.41, 5.74) is 1.82. The quantitative estimate of drug-likeness (QED) is 0.488. The third-order valence-electron chi connectivity index (χ3n) is 2.03. The zero-order valence-corrected chi connectivity index (χ0v) is 8.49. The van der Waals surface area contributed by atoms with E-state index in [0.717, 1.165) is 13.0 Å². The molecule has 1 N–H and O–H groups in total. The van der Waals surface area contributed by atoms with Crippen molar-refractivity contribution in [2.45, 2.75) is 34.1 Å². The molecule has 1 heteroatoms. The normalized spacial score (nSPS) is 13.7. The van der Waals surface area contributed by atoms with E-state index in [4.69, 9.17) is 0 Å². The first kappa shape index (κ1) is 10.7. The van der Waals surface area contributed by atoms with Crippen molar-refractivity contribution in [1.29, 1.82) is 0 Å². The molecule has 0 aromatic carbocycles. The van der Waals surface area contributed by atoms with Gasteiger partial charge in [0, 0.05) is 0 Å². The fourth-order valence-corrected chi connectivity index (χ4v) is 0.739. The molecular weight excluding hydrogens is 134 g/mol. The van der Waals surface area contributed by atoms with Gasteiger partial charge in [-0.1, -0.05) is 32.4 Å². The van der Waals surface area contributed by atoms with Gasteiger partial charge >= 0.3 is 0 Å². The van der Waals surface area contributed by atoms with Crippen molar-refractivity contribution >= 4 is 0 Å². The van der Waals surface area contributed by atoms with Crippen LogP contribution in [0, 0.1) is 5.41 Å². The van der Waals surface area contributed by atoms with Gasteiger partial charge in [-0.3, -0.25) is 0 Å². The van der Waals surface area contributed by atoms with E-state index in [1.54, 1.807) is 0 Å². The molecule has 0 fully saturated rings. The Balaban J connectivity index is 3.81. The minimum absolute atomic E-state index is 0.341. The lowest BCUT2D eigenvalue weighted by molar-refractivity contribution is 0.501. The number of allylic oxidation sites excluding steroid dienone is 1. The van der Waals surface area contributed by atoms with Crippen molar-refractivity contribution < 1.29 is 0 Å². The van der Waals surface area contributed by atoms with Gasteiger partial charge in [0.05, 0.1) is 0 Å². The molecule has 66 valence electrons. The first-order chi connectivity index (χ1) is 4.98. The van der Waals surface area contributed by atoms with Crippen LogP contribution < -0.4 is 5.32 Å². The van der Waals surface area contributed by atoms with Gasteiger partial charge in [-0.25, -0.2) is 0 Å². The lowest BCUT2D eigenvalue weighted by atomic mass is 9.87. The van der Waals surface area contributed by atoms with E-state index in [1.807, 2.05) is 7.05 Å². The molecule has 0 spiro atoms. The van der Waals surface area contributed by atoms with Crippen LogP contribution in [0.5, 0.6) is 0 Å². The van der Waals surface area contributed by atoms with E-state index in [0.29, 0.717) is 5.41 Å². The van der Waals surface area contributed by atoms with E-state index in [9.17, 15) is 0 Å². The fourth-order valence-electron chi connectivity index (χ4n) is 0.739. The summed E-state index contributed by atoms with van der Waals surface area (Å²) in [7, 11) is 1.99. The van der Waals surface area contributed by atoms with Crippen molar-refractivity contribution in [3.8, 4) is 0 Å². The number of hydrogen-bond donors (Lipinski definition) is 1. The van der Waals surface area contributed by atoms with Crippen LogP contribution in [-0.2, 0) is 0 Å². The van der Waals surface area contributed by atoms with Crippen molar-refractivity contribution in [2.75, 3.05) is 13.6 Å². The first-order valence-electron chi connectivity index (χ1n) is 4.30. The van der Waals surface area contributed by atoms with E-state index in [-0.39, 0.29) is 0 Å². The molecular formula is C10H21N. The highest BCUT2D eigenvalue weighted by molar-refractivity contribution is 5.07. The molecule has 0 aliphatic heterocycles. The van der Waals surface area contributed by atoms with E-state index < -0.39 is 0 Å². The molecule has 0 saturated heterocycles. The van der Waals surface area contributed by atoms with Crippen molar-refractivity contribution in [1.82, 2.24) is 5.32 Å². The van der Waals surface area contributed by atoms with Gasteiger partial charge in [-0.2, -0.15) is 0 Å². The Morgan fingerprint density at radius 2 is 1.91 bits per heavy atom. The molecule has 0 radical (unpaired) electrons. The second-order valence-electron chi connectivity index (χ2n) is 4.03. The molecule has 0 bridgehead atoms. The molecule has 0 aromatic heterocycles. The van der Waals surface area contributed by atoms with Gasteiger partial charge in [-0.15, -0.1) is 0 Å². The standard InChI is InChI=1S/C10H21N/c1-9(10(2,3)4)7-6-8-11-5/h7,11H,6,8H2,1-5H3/b9-7+. The molecule has 0 amide bonds. The summed E-state index contributed by atoms with van der Waals surface area (Å²) in [5, 5.41) is 3.13. The van der Waals surface area contributed by atoms with E-state index in [1.165, 1.54) is 5.57 Å². The van der Waals surface area contributed by atoms with Crippen LogP contribution in [0.3, 0.4) is 0 Å². The van der Waals surface area contributed by atoms with Crippen LogP contribution in [0.2, 0.25) is 0 Å². The Kier molecular flexibility index (Phi) is 4.43. The van der Waals surface area contributed by atoms with Gasteiger partial charge in [0.25, 0.3) is 0 Å². The third-order valence-corrected chi connectivity index (χ3v) is 2.03. The smallest absolute Gasteiger partial charge is 0.00172 e. The van der Waals surface area contributed by atoms with Crippen molar-refractivity contribution in [3.63, 3.8) is 0 Å². The summed E-state index contributed by atoms with van der Waals surface area (Å²) >= 11 is 0. The molecule has 0 heterocycles. The predicted molar refractivity (Wildman–Crippen MR) is 51.8 cm³/mol. The van der Waals surface area contributed by atoms with E-state index in [2.05, 4.69) is 39.1 Å². The SMILES string of the molecule is CNCC/C=C(\C)C(C)(C)C. The molecule has 11 heavy (non-hydrogen) atoms. The highest BCUT2D eigenvalue weighted by atomic mass is 14.8. The first-order valence-corrected chi connectivity index (χ1v) is 4.30. The predicted octanol–water partition coefficient (Wildman–Crippen LogP) is 2.59. The van der Waals surface area contributed by atoms with Crippen LogP contribution in [0.15, 0.2) is 11.6 Å². The van der Waals surface area contributed by atoms with Crippen LogP contribution >= 0.6 is 0 Å². The average Bonchev–Trinajstić information content (AvgIpc) is 1.86. The molecule has 0 rings (SSSR count). The summed E-state index contributed by atoms with van der Waals surface area (Å²) in [5.74, 6) is 0. The second kappa shape index (κ2) is 4.55. The van der Waals surface area contributed by atoms with Crippen molar-refractivity contribution in [3.05, 3.63) is 11.6 Å². The Morgan fingerprint density at radius 1 is 1.36 bits per heavy atom. The maximum absolute atomic E-state index is 3.13. The Morgan fingerprint density at radius 3 is 2.27 bits per heavy atom. The van der Waals surface area contributed by atoms with Crippen LogP contribution in [0.1, 0.15) is 34.1 Å². The maximum Gasteiger partial charge on any atom is -0.00172 e. The van der Waals surface area contributed by atoms with Gasteiger partial charge in [0.1, 0.15) is 0 Å². The number of hydrogen-bond acceptors (Lipinski definition) is 1. The molecule has 0 aliphatic rings. The zero-order chi connectivity index (χ0) is 8.91. The molecule has 0 unspecified atom stereocenters. The molecule has 1 nitrogen and oxygen atoms in total. The molecule has 0 aromatic rings. The monoisotopic (exact) mass is 155 g/mol. The maximum atomic E-state index is 3.13. The van der Waals surface area contributed by atoms with Crippen LogP contribution in [0.4, 0.5) is 0 Å². The largest absolute Gasteiger partial charge is 0.319 e. The molecule has 0 saturated carbocycles. The van der Waals surface area contributed by atoms with Gasteiger partial charge in [-0.05, 0) is 32.4 Å². The van der Waals surface area contributed by atoms with Gasteiger partial charge in [0.2, 0.25) is 0 Å². The third kappa shape index (κ3) is 5.02. The van der Waals surface area contributed by atoms with Gasteiger partial charge in [0.15, 0.2) is 0 Å². The summed E-state index contributed by atoms with van der Waals surface area (Å²) in [4.78, 5) is 0. The average molecular weight is 155 g/mol. The van der Waals surface area contributed by atoms with Crippen LogP contribution in [-0.4, -0.2) is 13.6 Å². The molecule has 0 atom stereocenters. The fraction of sp³-hybridized carbons (Fsp3) is 0.800. The number of rotatable bonds is 3.